The molecule has 0 aromatic heterocycles. The molecule has 0 saturated heterocycles. The second-order valence-corrected chi connectivity index (χ2v) is 12.4. The molecule has 0 aromatic carbocycles. The van der Waals surface area contributed by atoms with Crippen LogP contribution in [0.4, 0.5) is 4.79 Å². The van der Waals surface area contributed by atoms with Crippen molar-refractivity contribution in [1.29, 1.82) is 0 Å². The summed E-state index contributed by atoms with van der Waals surface area (Å²) in [6.45, 7) is 5.93. The average Bonchev–Trinajstić information content (AvgIpc) is 2.99. The Balaban J connectivity index is 4.00. The zero-order valence-corrected chi connectivity index (χ0v) is 28.4. The van der Waals surface area contributed by atoms with E-state index in [-0.39, 0.29) is 11.9 Å². The topological polar surface area (TPSA) is 132 Å². The number of hydrogen-bond donors (Lipinski definition) is 4. The van der Waals surface area contributed by atoms with Crippen LogP contribution in [0.3, 0.4) is 0 Å². The first-order chi connectivity index (χ1) is 21.0. The predicted octanol–water partition coefficient (Wildman–Crippen LogP) is 8.65. The van der Waals surface area contributed by atoms with Gasteiger partial charge < -0.3 is 26.8 Å². The van der Waals surface area contributed by atoms with Gasteiger partial charge in [0.25, 0.3) is 0 Å². The van der Waals surface area contributed by atoms with E-state index in [1.165, 1.54) is 128 Å². The van der Waals surface area contributed by atoms with E-state index in [1.54, 1.807) is 0 Å². The molecule has 0 aliphatic rings. The van der Waals surface area contributed by atoms with E-state index in [0.717, 1.165) is 25.7 Å². The number of aliphatic imine (C=N–C) groups is 1. The molecule has 0 heterocycles. The lowest BCUT2D eigenvalue weighted by atomic mass is 10.0. The molecular weight excluding hydrogens is 538 g/mol. The molecule has 8 nitrogen and oxygen atoms in total. The van der Waals surface area contributed by atoms with Crippen molar-refractivity contribution < 1.29 is 14.3 Å². The largest absolute Gasteiger partial charge is 0.450 e. The molecule has 6 N–H and O–H groups in total. The monoisotopic (exact) mass is 610 g/mol. The zero-order chi connectivity index (χ0) is 31.6. The van der Waals surface area contributed by atoms with Gasteiger partial charge in [0.1, 0.15) is 6.04 Å². The first kappa shape index (κ1) is 41.0. The van der Waals surface area contributed by atoms with Gasteiger partial charge in [-0.15, -0.1) is 0 Å². The predicted molar refractivity (Wildman–Crippen MR) is 183 cm³/mol. The van der Waals surface area contributed by atoms with Crippen molar-refractivity contribution in [2.45, 2.75) is 187 Å². The number of nitrogens with two attached hydrogens (primary N) is 2. The molecule has 0 rings (SSSR count). The van der Waals surface area contributed by atoms with Gasteiger partial charge in [0.05, 0.1) is 6.61 Å². The van der Waals surface area contributed by atoms with E-state index < -0.39 is 12.1 Å². The van der Waals surface area contributed by atoms with Crippen molar-refractivity contribution >= 4 is 18.0 Å². The molecule has 0 spiro atoms. The highest BCUT2D eigenvalue weighted by atomic mass is 16.5. The van der Waals surface area contributed by atoms with Gasteiger partial charge >= 0.3 is 6.09 Å². The molecule has 254 valence electrons. The van der Waals surface area contributed by atoms with Crippen molar-refractivity contribution in [1.82, 2.24) is 10.6 Å². The highest BCUT2D eigenvalue weighted by Crippen LogP contribution is 2.13. The first-order valence-electron chi connectivity index (χ1n) is 18.3. The summed E-state index contributed by atoms with van der Waals surface area (Å²) in [5, 5.41) is 5.75. The van der Waals surface area contributed by atoms with Crippen LogP contribution in [0.25, 0.3) is 0 Å². The van der Waals surface area contributed by atoms with Crippen LogP contribution in [0.5, 0.6) is 0 Å². The van der Waals surface area contributed by atoms with Crippen LogP contribution in [0.1, 0.15) is 181 Å². The normalized spacial score (nSPS) is 11.7. The SMILES string of the molecule is CCCCCCCCCCCCCCCCOC(=O)NC(CCCN=C(N)N)C(=O)NCCCCCCCCCCCC. The van der Waals surface area contributed by atoms with Gasteiger partial charge in [-0.05, 0) is 25.7 Å². The highest BCUT2D eigenvalue weighted by Gasteiger charge is 2.20. The second kappa shape index (κ2) is 32.9. The number of rotatable bonds is 32. The number of guanidine groups is 1. The quantitative estimate of drug-likeness (QED) is 0.0344. The molecule has 0 bridgehead atoms. The molecule has 0 aliphatic heterocycles. The maximum absolute atomic E-state index is 12.8. The Kier molecular flexibility index (Phi) is 31.4. The summed E-state index contributed by atoms with van der Waals surface area (Å²) in [6.07, 6.45) is 31.0. The number of nitrogens with zero attached hydrogens (tertiary/aromatic N) is 1. The fourth-order valence-corrected chi connectivity index (χ4v) is 5.37. The van der Waals surface area contributed by atoms with Crippen LogP contribution >= 0.6 is 0 Å². The molecule has 1 atom stereocenters. The Hall–Kier alpha value is -1.99. The Morgan fingerprint density at radius 3 is 1.47 bits per heavy atom. The fourth-order valence-electron chi connectivity index (χ4n) is 5.37. The van der Waals surface area contributed by atoms with E-state index in [0.29, 0.717) is 32.5 Å². The molecule has 0 aliphatic carbocycles. The lowest BCUT2D eigenvalue weighted by Crippen LogP contribution is -2.47. The van der Waals surface area contributed by atoms with E-state index in [4.69, 9.17) is 16.2 Å². The summed E-state index contributed by atoms with van der Waals surface area (Å²) >= 11 is 0. The van der Waals surface area contributed by atoms with Crippen LogP contribution in [0.15, 0.2) is 4.99 Å². The summed E-state index contributed by atoms with van der Waals surface area (Å²) in [5.41, 5.74) is 10.8. The Labute approximate surface area is 265 Å². The molecule has 1 unspecified atom stereocenters. The number of unbranched alkanes of at least 4 members (excludes halogenated alkanes) is 22. The Morgan fingerprint density at radius 2 is 1.02 bits per heavy atom. The molecule has 0 radical (unpaired) electrons. The van der Waals surface area contributed by atoms with E-state index >= 15 is 0 Å². The first-order valence-corrected chi connectivity index (χ1v) is 18.3. The molecule has 0 aromatic rings. The third-order valence-electron chi connectivity index (χ3n) is 8.11. The number of amides is 2. The van der Waals surface area contributed by atoms with Gasteiger partial charge in [0.2, 0.25) is 5.91 Å². The third kappa shape index (κ3) is 31.2. The van der Waals surface area contributed by atoms with Gasteiger partial charge in [0.15, 0.2) is 5.96 Å². The summed E-state index contributed by atoms with van der Waals surface area (Å²) in [6, 6.07) is -0.652. The third-order valence-corrected chi connectivity index (χ3v) is 8.11. The van der Waals surface area contributed by atoms with Crippen LogP contribution in [0.2, 0.25) is 0 Å². The van der Waals surface area contributed by atoms with Crippen molar-refractivity contribution in [3.8, 4) is 0 Å². The van der Waals surface area contributed by atoms with Gasteiger partial charge in [-0.1, -0.05) is 155 Å². The van der Waals surface area contributed by atoms with Gasteiger partial charge in [-0.2, -0.15) is 0 Å². The minimum Gasteiger partial charge on any atom is -0.450 e. The highest BCUT2D eigenvalue weighted by molar-refractivity contribution is 5.85. The average molecular weight is 610 g/mol. The van der Waals surface area contributed by atoms with Crippen LogP contribution in [-0.2, 0) is 9.53 Å². The number of nitrogens with one attached hydrogen (secondary N) is 2. The smallest absolute Gasteiger partial charge is 0.407 e. The number of ether oxygens (including phenoxy) is 1. The summed E-state index contributed by atoms with van der Waals surface area (Å²) in [5.74, 6) is -0.142. The molecular formula is C35H71N5O3. The number of alkyl carbamates (subject to hydrolysis) is 1. The van der Waals surface area contributed by atoms with Gasteiger partial charge in [-0.3, -0.25) is 9.79 Å². The van der Waals surface area contributed by atoms with E-state index in [9.17, 15) is 9.59 Å². The fraction of sp³-hybridized carbons (Fsp3) is 0.914. The van der Waals surface area contributed by atoms with E-state index in [2.05, 4.69) is 29.5 Å². The maximum atomic E-state index is 12.8. The minimum absolute atomic E-state index is 0.0301. The van der Waals surface area contributed by atoms with Gasteiger partial charge in [-0.25, -0.2) is 4.79 Å². The number of carbonyl (C=O) groups is 2. The number of carbonyl (C=O) groups excluding carboxylic acids is 2. The number of hydrogen-bond acceptors (Lipinski definition) is 4. The summed E-state index contributed by atoms with van der Waals surface area (Å²) < 4.78 is 5.39. The van der Waals surface area contributed by atoms with Crippen molar-refractivity contribution in [2.24, 2.45) is 16.5 Å². The van der Waals surface area contributed by atoms with E-state index in [1.807, 2.05) is 0 Å². The Morgan fingerprint density at radius 1 is 0.605 bits per heavy atom. The maximum Gasteiger partial charge on any atom is 0.407 e. The van der Waals surface area contributed by atoms with Gasteiger partial charge in [0, 0.05) is 13.1 Å². The van der Waals surface area contributed by atoms with Crippen molar-refractivity contribution in [3.63, 3.8) is 0 Å². The molecule has 2 amide bonds. The standard InChI is InChI=1S/C35H71N5O3/c1-3-5-7-9-11-13-15-16-17-18-20-22-24-26-31-43-35(42)40-32(28-27-30-39-34(36)37)33(41)38-29-25-23-21-19-14-12-10-8-6-4-2/h32H,3-31H2,1-2H3,(H,38,41)(H,40,42)(H4,36,37,39). The second-order valence-electron chi connectivity index (χ2n) is 12.4. The summed E-state index contributed by atoms with van der Waals surface area (Å²) in [4.78, 5) is 29.2. The van der Waals surface area contributed by atoms with Crippen LogP contribution < -0.4 is 22.1 Å². The van der Waals surface area contributed by atoms with Crippen LogP contribution in [-0.4, -0.2) is 43.7 Å². The van der Waals surface area contributed by atoms with Crippen LogP contribution in [0, 0.1) is 0 Å². The minimum atomic E-state index is -0.652. The molecule has 0 saturated carbocycles. The van der Waals surface area contributed by atoms with Crippen molar-refractivity contribution in [2.75, 3.05) is 19.7 Å². The molecule has 0 fully saturated rings. The van der Waals surface area contributed by atoms with Crippen molar-refractivity contribution in [3.05, 3.63) is 0 Å². The summed E-state index contributed by atoms with van der Waals surface area (Å²) in [7, 11) is 0. The lowest BCUT2D eigenvalue weighted by Gasteiger charge is -2.18. The Bertz CT molecular complexity index is 655. The molecule has 8 heteroatoms. The zero-order valence-electron chi connectivity index (χ0n) is 28.4. The molecule has 43 heavy (non-hydrogen) atoms. The lowest BCUT2D eigenvalue weighted by molar-refractivity contribution is -0.123.